The summed E-state index contributed by atoms with van der Waals surface area (Å²) in [4.78, 5) is 4.22. The number of aliphatic imine (C=N–C) groups is 1. The topological polar surface area (TPSA) is 81.1 Å². The number of nitrogens with zero attached hydrogens (tertiary/aromatic N) is 4. The fourth-order valence-corrected chi connectivity index (χ4v) is 1.22. The van der Waals surface area contributed by atoms with Gasteiger partial charge in [0.25, 0.3) is 0 Å². The first-order valence-corrected chi connectivity index (χ1v) is 5.60. The molecule has 0 fully saturated rings. The highest BCUT2D eigenvalue weighted by molar-refractivity contribution is 14.0. The lowest BCUT2D eigenvalue weighted by atomic mass is 10.3. The van der Waals surface area contributed by atoms with Gasteiger partial charge in [-0.3, -0.25) is 0 Å². The molecule has 17 heavy (non-hydrogen) atoms. The molecule has 0 saturated heterocycles. The summed E-state index contributed by atoms with van der Waals surface area (Å²) < 4.78 is 1.94. The second-order valence-corrected chi connectivity index (χ2v) is 3.69. The second-order valence-electron chi connectivity index (χ2n) is 3.69. The third-order valence-electron chi connectivity index (χ3n) is 2.43. The number of guanidine groups is 1. The van der Waals surface area contributed by atoms with Crippen LogP contribution in [-0.2, 0) is 13.1 Å². The SMILES string of the molecule is CCC(C)NC(N)=NCc1nncn1CC.I. The van der Waals surface area contributed by atoms with Crippen molar-refractivity contribution < 1.29 is 0 Å². The van der Waals surface area contributed by atoms with Crippen molar-refractivity contribution in [3.8, 4) is 0 Å². The summed E-state index contributed by atoms with van der Waals surface area (Å²) in [6, 6.07) is 0.341. The summed E-state index contributed by atoms with van der Waals surface area (Å²) in [5.74, 6) is 1.29. The van der Waals surface area contributed by atoms with Crippen molar-refractivity contribution in [2.75, 3.05) is 0 Å². The first-order chi connectivity index (χ1) is 7.67. The molecule has 0 radical (unpaired) electrons. The maximum absolute atomic E-state index is 5.74. The zero-order valence-electron chi connectivity index (χ0n) is 10.6. The highest BCUT2D eigenvalue weighted by atomic mass is 127. The van der Waals surface area contributed by atoms with Crippen molar-refractivity contribution in [2.45, 2.75) is 46.3 Å². The lowest BCUT2D eigenvalue weighted by molar-refractivity contribution is 0.633. The quantitative estimate of drug-likeness (QED) is 0.473. The summed E-state index contributed by atoms with van der Waals surface area (Å²) in [5, 5.41) is 10.9. The van der Waals surface area contributed by atoms with E-state index in [1.54, 1.807) is 6.33 Å². The van der Waals surface area contributed by atoms with E-state index in [9.17, 15) is 0 Å². The van der Waals surface area contributed by atoms with Crippen molar-refractivity contribution in [2.24, 2.45) is 10.7 Å². The van der Waals surface area contributed by atoms with Crippen molar-refractivity contribution in [1.29, 1.82) is 0 Å². The molecule has 98 valence electrons. The minimum Gasteiger partial charge on any atom is -0.370 e. The molecule has 0 aliphatic heterocycles. The van der Waals surface area contributed by atoms with Crippen molar-refractivity contribution in [1.82, 2.24) is 20.1 Å². The summed E-state index contributed by atoms with van der Waals surface area (Å²) in [6.07, 6.45) is 2.71. The lowest BCUT2D eigenvalue weighted by Crippen LogP contribution is -2.38. The van der Waals surface area contributed by atoms with Crippen LogP contribution in [-0.4, -0.2) is 26.8 Å². The van der Waals surface area contributed by atoms with E-state index in [-0.39, 0.29) is 24.0 Å². The molecule has 6 nitrogen and oxygen atoms in total. The van der Waals surface area contributed by atoms with Gasteiger partial charge >= 0.3 is 0 Å². The van der Waals surface area contributed by atoms with Gasteiger partial charge < -0.3 is 15.6 Å². The Hall–Kier alpha value is -0.860. The third-order valence-corrected chi connectivity index (χ3v) is 2.43. The number of rotatable bonds is 5. The second kappa shape index (κ2) is 8.26. The van der Waals surface area contributed by atoms with Crippen LogP contribution in [0.5, 0.6) is 0 Å². The first kappa shape index (κ1) is 16.1. The number of hydrogen-bond acceptors (Lipinski definition) is 3. The van der Waals surface area contributed by atoms with Crippen LogP contribution in [0.1, 0.15) is 33.0 Å². The van der Waals surface area contributed by atoms with Crippen LogP contribution in [0.15, 0.2) is 11.3 Å². The Balaban J connectivity index is 0.00000256. The predicted molar refractivity (Wildman–Crippen MR) is 79.3 cm³/mol. The van der Waals surface area contributed by atoms with Gasteiger partial charge in [0, 0.05) is 12.6 Å². The zero-order valence-corrected chi connectivity index (χ0v) is 12.9. The molecule has 1 rings (SSSR count). The van der Waals surface area contributed by atoms with E-state index in [0.29, 0.717) is 18.5 Å². The average Bonchev–Trinajstić information content (AvgIpc) is 2.73. The Kier molecular flexibility index (Phi) is 7.85. The Labute approximate surface area is 119 Å². The van der Waals surface area contributed by atoms with E-state index in [1.165, 1.54) is 0 Å². The van der Waals surface area contributed by atoms with Gasteiger partial charge in [0.05, 0.1) is 0 Å². The van der Waals surface area contributed by atoms with Gasteiger partial charge in [-0.1, -0.05) is 6.92 Å². The molecule has 1 aromatic rings. The Morgan fingerprint density at radius 2 is 2.29 bits per heavy atom. The van der Waals surface area contributed by atoms with E-state index in [1.807, 2.05) is 11.5 Å². The minimum atomic E-state index is 0. The molecule has 0 aromatic carbocycles. The van der Waals surface area contributed by atoms with Gasteiger partial charge in [-0.05, 0) is 20.3 Å². The van der Waals surface area contributed by atoms with Gasteiger partial charge in [-0.25, -0.2) is 4.99 Å². The van der Waals surface area contributed by atoms with Crippen LogP contribution < -0.4 is 11.1 Å². The van der Waals surface area contributed by atoms with Gasteiger partial charge in [0.1, 0.15) is 12.9 Å². The van der Waals surface area contributed by atoms with E-state index in [4.69, 9.17) is 5.73 Å². The molecule has 0 aliphatic carbocycles. The Morgan fingerprint density at radius 3 is 2.88 bits per heavy atom. The number of aryl methyl sites for hydroxylation is 1. The monoisotopic (exact) mass is 352 g/mol. The van der Waals surface area contributed by atoms with Crippen molar-refractivity contribution >= 4 is 29.9 Å². The number of hydrogen-bond donors (Lipinski definition) is 2. The lowest BCUT2D eigenvalue weighted by Gasteiger charge is -2.11. The smallest absolute Gasteiger partial charge is 0.189 e. The number of nitrogens with one attached hydrogen (secondary N) is 1. The first-order valence-electron chi connectivity index (χ1n) is 5.60. The van der Waals surface area contributed by atoms with E-state index < -0.39 is 0 Å². The van der Waals surface area contributed by atoms with Gasteiger partial charge in [-0.2, -0.15) is 0 Å². The van der Waals surface area contributed by atoms with Crippen LogP contribution in [0, 0.1) is 0 Å². The van der Waals surface area contributed by atoms with Crippen LogP contribution in [0.25, 0.3) is 0 Å². The summed E-state index contributed by atoms with van der Waals surface area (Å²) in [7, 11) is 0. The average molecular weight is 352 g/mol. The van der Waals surface area contributed by atoms with Crippen LogP contribution in [0.2, 0.25) is 0 Å². The van der Waals surface area contributed by atoms with Gasteiger partial charge in [0.15, 0.2) is 11.8 Å². The summed E-state index contributed by atoms with van der Waals surface area (Å²) in [6.45, 7) is 7.51. The van der Waals surface area contributed by atoms with E-state index in [0.717, 1.165) is 18.8 Å². The molecule has 1 unspecified atom stereocenters. The Bertz CT molecular complexity index is 348. The molecule has 3 N–H and O–H groups in total. The highest BCUT2D eigenvalue weighted by Gasteiger charge is 2.02. The number of halogens is 1. The summed E-state index contributed by atoms with van der Waals surface area (Å²) in [5.41, 5.74) is 5.74. The van der Waals surface area contributed by atoms with Crippen LogP contribution in [0.3, 0.4) is 0 Å². The predicted octanol–water partition coefficient (Wildman–Crippen LogP) is 1.12. The molecule has 0 amide bonds. The maximum atomic E-state index is 5.74. The van der Waals surface area contributed by atoms with Crippen LogP contribution >= 0.6 is 24.0 Å². The molecule has 0 bridgehead atoms. The molecule has 1 atom stereocenters. The van der Waals surface area contributed by atoms with Crippen molar-refractivity contribution in [3.05, 3.63) is 12.2 Å². The maximum Gasteiger partial charge on any atom is 0.189 e. The van der Waals surface area contributed by atoms with Gasteiger partial charge in [0.2, 0.25) is 0 Å². The molecule has 0 spiro atoms. The number of nitrogens with two attached hydrogens (primary N) is 1. The highest BCUT2D eigenvalue weighted by Crippen LogP contribution is 1.96. The Morgan fingerprint density at radius 1 is 1.59 bits per heavy atom. The molecule has 0 aliphatic rings. The third kappa shape index (κ3) is 5.33. The fourth-order valence-electron chi connectivity index (χ4n) is 1.22. The zero-order chi connectivity index (χ0) is 12.0. The van der Waals surface area contributed by atoms with Crippen LogP contribution in [0.4, 0.5) is 0 Å². The molecule has 7 heteroatoms. The summed E-state index contributed by atoms with van der Waals surface area (Å²) >= 11 is 0. The standard InChI is InChI=1S/C10H20N6.HI/c1-4-8(3)14-10(11)12-6-9-15-13-7-16(9)5-2;/h7-8H,4-6H2,1-3H3,(H3,11,12,14);1H. The van der Waals surface area contributed by atoms with Gasteiger partial charge in [-0.15, -0.1) is 34.2 Å². The van der Waals surface area contributed by atoms with E-state index >= 15 is 0 Å². The molecular weight excluding hydrogens is 331 g/mol. The molecule has 1 aromatic heterocycles. The minimum absolute atomic E-state index is 0. The van der Waals surface area contributed by atoms with Crippen molar-refractivity contribution in [3.63, 3.8) is 0 Å². The molecular formula is C10H21IN6. The fraction of sp³-hybridized carbons (Fsp3) is 0.700. The largest absolute Gasteiger partial charge is 0.370 e. The molecule has 0 saturated carbocycles. The normalized spacial score (nSPS) is 13.0. The molecule has 1 heterocycles. The number of aromatic nitrogens is 3. The van der Waals surface area contributed by atoms with E-state index in [2.05, 4.69) is 34.4 Å².